The zero-order valence-electron chi connectivity index (χ0n) is 18.8. The van der Waals surface area contributed by atoms with Gasteiger partial charge in [0.25, 0.3) is 5.52 Å². The molecule has 0 spiro atoms. The first-order chi connectivity index (χ1) is 15.8. The van der Waals surface area contributed by atoms with E-state index in [0.717, 1.165) is 23.0 Å². The van der Waals surface area contributed by atoms with Crippen LogP contribution in [0.4, 0.5) is 11.4 Å². The molecule has 0 atom stereocenters. The first-order valence-corrected chi connectivity index (χ1v) is 10.9. The fourth-order valence-corrected chi connectivity index (χ4v) is 4.10. The third-order valence-corrected chi connectivity index (χ3v) is 6.16. The van der Waals surface area contributed by atoms with Crippen LogP contribution in [0.25, 0.3) is 10.9 Å². The number of aliphatic imine (C=N–C) groups is 1. The molecule has 8 nitrogen and oxygen atoms in total. The summed E-state index contributed by atoms with van der Waals surface area (Å²) in [5.74, 6) is -0.0966. The molecule has 0 unspecified atom stereocenters. The molecule has 1 fully saturated rings. The summed E-state index contributed by atoms with van der Waals surface area (Å²) < 4.78 is 6.27. The average Bonchev–Trinajstić information content (AvgIpc) is 2.80. The lowest BCUT2D eigenvalue weighted by molar-refractivity contribution is -0.885. The number of amides is 1. The van der Waals surface area contributed by atoms with E-state index in [1.54, 1.807) is 42.6 Å². The molecule has 1 heterocycles. The van der Waals surface area contributed by atoms with E-state index in [2.05, 4.69) is 10.3 Å². The minimum absolute atomic E-state index is 0.0806. The molecular weight excluding hydrogens is 420 g/mol. The van der Waals surface area contributed by atoms with Gasteiger partial charge in [-0.1, -0.05) is 12.1 Å². The van der Waals surface area contributed by atoms with Crippen molar-refractivity contribution in [2.24, 2.45) is 4.99 Å². The maximum atomic E-state index is 13.0. The SMILES string of the molecule is COc1cc(N)c(C=NC2CCC(C)(O)CC2)cc1NC(=O)c1ccc2ccccc2[n+]1O. The number of methoxy groups -OCH3 is 1. The number of para-hydroxylation sites is 1. The molecule has 172 valence electrons. The highest BCUT2D eigenvalue weighted by atomic mass is 16.5. The van der Waals surface area contributed by atoms with Crippen LogP contribution in [-0.2, 0) is 0 Å². The van der Waals surface area contributed by atoms with Gasteiger partial charge in [-0.3, -0.25) is 15.0 Å². The molecule has 8 heteroatoms. The highest BCUT2D eigenvalue weighted by Gasteiger charge is 2.28. The van der Waals surface area contributed by atoms with Crippen LogP contribution in [0, 0.1) is 0 Å². The van der Waals surface area contributed by atoms with E-state index < -0.39 is 11.5 Å². The molecule has 0 aliphatic heterocycles. The molecule has 3 aromatic rings. The van der Waals surface area contributed by atoms with Gasteiger partial charge in [-0.2, -0.15) is 0 Å². The Morgan fingerprint density at radius 2 is 1.97 bits per heavy atom. The third-order valence-electron chi connectivity index (χ3n) is 6.16. The number of carbonyl (C=O) groups is 1. The Bertz CT molecular complexity index is 1210. The molecule has 4 rings (SSSR count). The Balaban J connectivity index is 1.58. The molecule has 0 radical (unpaired) electrons. The minimum atomic E-state index is -0.616. The second-order valence-electron chi connectivity index (χ2n) is 8.73. The molecular formula is C25H29N4O4+. The molecule has 33 heavy (non-hydrogen) atoms. The predicted molar refractivity (Wildman–Crippen MR) is 127 cm³/mol. The van der Waals surface area contributed by atoms with Crippen LogP contribution in [0.15, 0.2) is 53.5 Å². The van der Waals surface area contributed by atoms with E-state index >= 15 is 0 Å². The van der Waals surface area contributed by atoms with Crippen molar-refractivity contribution in [2.75, 3.05) is 18.2 Å². The number of ether oxygens (including phenoxy) is 1. The summed E-state index contributed by atoms with van der Waals surface area (Å²) in [6.45, 7) is 1.86. The normalized spacial score (nSPS) is 20.8. The number of nitrogen functional groups attached to an aromatic ring is 1. The molecule has 1 aliphatic rings. The van der Waals surface area contributed by atoms with Crippen LogP contribution >= 0.6 is 0 Å². The van der Waals surface area contributed by atoms with Gasteiger partial charge >= 0.3 is 11.6 Å². The number of benzene rings is 2. The number of nitrogens with one attached hydrogen (secondary N) is 1. The number of aliphatic hydroxyl groups is 1. The van der Waals surface area contributed by atoms with Gasteiger partial charge in [0.15, 0.2) is 0 Å². The first-order valence-electron chi connectivity index (χ1n) is 10.9. The average molecular weight is 450 g/mol. The summed E-state index contributed by atoms with van der Waals surface area (Å²) in [6.07, 6.45) is 4.74. The summed E-state index contributed by atoms with van der Waals surface area (Å²) in [5, 5.41) is 24.3. The number of aromatic nitrogens is 1. The molecule has 1 amide bonds. The lowest BCUT2D eigenvalue weighted by atomic mass is 9.84. The van der Waals surface area contributed by atoms with Crippen LogP contribution in [0.1, 0.15) is 48.7 Å². The number of carbonyl (C=O) groups excluding carboxylic acids is 1. The summed E-state index contributed by atoms with van der Waals surface area (Å²) in [7, 11) is 1.49. The monoisotopic (exact) mass is 449 g/mol. The van der Waals surface area contributed by atoms with Crippen molar-refractivity contribution in [1.29, 1.82) is 0 Å². The molecule has 2 aromatic carbocycles. The maximum absolute atomic E-state index is 13.0. The molecule has 5 N–H and O–H groups in total. The summed E-state index contributed by atoms with van der Waals surface area (Å²) in [5.41, 5.74) is 7.71. The summed E-state index contributed by atoms with van der Waals surface area (Å²) in [4.78, 5) is 17.6. The molecule has 1 saturated carbocycles. The van der Waals surface area contributed by atoms with E-state index in [1.807, 2.05) is 19.1 Å². The van der Waals surface area contributed by atoms with Crippen LogP contribution in [0.2, 0.25) is 0 Å². The highest BCUT2D eigenvalue weighted by molar-refractivity contribution is 6.04. The number of nitrogens with two attached hydrogens (primary N) is 1. The van der Waals surface area contributed by atoms with Gasteiger partial charge in [-0.25, -0.2) is 0 Å². The largest absolute Gasteiger partial charge is 0.494 e. The van der Waals surface area contributed by atoms with E-state index in [-0.39, 0.29) is 11.7 Å². The smallest absolute Gasteiger partial charge is 0.325 e. The van der Waals surface area contributed by atoms with E-state index in [1.165, 1.54) is 7.11 Å². The molecule has 1 aliphatic carbocycles. The Morgan fingerprint density at radius 1 is 1.24 bits per heavy atom. The predicted octanol–water partition coefficient (Wildman–Crippen LogP) is 3.32. The molecule has 1 aromatic heterocycles. The standard InChI is InChI=1S/C25H28N4O4/c1-25(31)11-9-18(10-12-25)27-15-17-13-20(23(33-2)14-19(17)26)28-24(30)22-8-7-16-5-3-4-6-21(16)29(22)32/h3-8,13-15,18,26,30-32H,9-12H2,1-2H3/p+1. The molecule has 0 bridgehead atoms. The third kappa shape index (κ3) is 4.90. The molecule has 0 saturated heterocycles. The van der Waals surface area contributed by atoms with Gasteiger partial charge in [0.1, 0.15) is 5.75 Å². The Hall–Kier alpha value is -3.65. The zero-order valence-corrected chi connectivity index (χ0v) is 18.8. The van der Waals surface area contributed by atoms with Crippen LogP contribution in [0.3, 0.4) is 0 Å². The van der Waals surface area contributed by atoms with Gasteiger partial charge in [-0.15, -0.1) is 0 Å². The van der Waals surface area contributed by atoms with E-state index in [9.17, 15) is 15.1 Å². The first kappa shape index (κ1) is 22.5. The van der Waals surface area contributed by atoms with Crippen LogP contribution < -0.4 is 20.5 Å². The Kier molecular flexibility index (Phi) is 6.20. The van der Waals surface area contributed by atoms with Crippen molar-refractivity contribution >= 4 is 34.4 Å². The number of pyridine rings is 1. The van der Waals surface area contributed by atoms with Crippen molar-refractivity contribution in [2.45, 2.75) is 44.2 Å². The lowest BCUT2D eigenvalue weighted by Crippen LogP contribution is -2.40. The van der Waals surface area contributed by atoms with Gasteiger partial charge < -0.3 is 20.9 Å². The second-order valence-corrected chi connectivity index (χ2v) is 8.73. The van der Waals surface area contributed by atoms with Crippen molar-refractivity contribution in [3.8, 4) is 5.75 Å². The van der Waals surface area contributed by atoms with Crippen LogP contribution in [-0.4, -0.2) is 41.2 Å². The maximum Gasteiger partial charge on any atom is 0.325 e. The number of fused-ring (bicyclic) bond motifs is 1. The fourth-order valence-electron chi connectivity index (χ4n) is 4.10. The Labute approximate surface area is 192 Å². The lowest BCUT2D eigenvalue weighted by Gasteiger charge is -2.31. The van der Waals surface area contributed by atoms with Crippen molar-refractivity contribution in [3.63, 3.8) is 0 Å². The summed E-state index contributed by atoms with van der Waals surface area (Å²) >= 11 is 0. The highest BCUT2D eigenvalue weighted by Crippen LogP contribution is 2.31. The van der Waals surface area contributed by atoms with E-state index in [0.29, 0.717) is 41.0 Å². The van der Waals surface area contributed by atoms with Gasteiger partial charge in [0, 0.05) is 40.4 Å². The minimum Gasteiger partial charge on any atom is -0.494 e. The number of rotatable bonds is 5. The number of hydrogen-bond donors (Lipinski definition) is 4. The van der Waals surface area contributed by atoms with Gasteiger partial charge in [0.2, 0.25) is 0 Å². The Morgan fingerprint density at radius 3 is 2.70 bits per heavy atom. The van der Waals surface area contributed by atoms with Gasteiger partial charge in [0.05, 0.1) is 29.8 Å². The fraction of sp³-hybridized carbons (Fsp3) is 0.320. The number of hydrogen-bond acceptors (Lipinski definition) is 6. The zero-order chi connectivity index (χ0) is 23.6. The van der Waals surface area contributed by atoms with Crippen molar-refractivity contribution < 1.29 is 24.6 Å². The van der Waals surface area contributed by atoms with Crippen LogP contribution in [0.5, 0.6) is 5.75 Å². The van der Waals surface area contributed by atoms with Crippen molar-refractivity contribution in [3.05, 3.63) is 59.8 Å². The summed E-state index contributed by atoms with van der Waals surface area (Å²) in [6, 6.07) is 14.0. The van der Waals surface area contributed by atoms with Gasteiger partial charge in [-0.05, 0) is 50.8 Å². The van der Waals surface area contributed by atoms with E-state index in [4.69, 9.17) is 10.5 Å². The van der Waals surface area contributed by atoms with Crippen molar-refractivity contribution in [1.82, 2.24) is 0 Å². The quantitative estimate of drug-likeness (QED) is 0.206. The second kappa shape index (κ2) is 9.07. The number of anilines is 2. The number of nitrogens with zero attached hydrogens (tertiary/aromatic N) is 2. The topological polar surface area (TPSA) is 121 Å².